The molecule has 0 radical (unpaired) electrons. The predicted molar refractivity (Wildman–Crippen MR) is 128 cm³/mol. The number of nitrogens with zero attached hydrogens (tertiary/aromatic N) is 1. The Morgan fingerprint density at radius 2 is 1.77 bits per heavy atom. The number of aromatic hydroxyl groups is 1. The van der Waals surface area contributed by atoms with Gasteiger partial charge in [0.05, 0.1) is 6.61 Å². The van der Waals surface area contributed by atoms with Gasteiger partial charge >= 0.3 is 17.9 Å². The number of aliphatic carboxylic acids is 3. The van der Waals surface area contributed by atoms with Gasteiger partial charge in [0.15, 0.2) is 11.5 Å². The minimum Gasteiger partial charge on any atom is -0.504 e. The highest BCUT2D eigenvalue weighted by molar-refractivity contribution is 5.89. The number of carboxylic acid groups (broad SMARTS) is 3. The van der Waals surface area contributed by atoms with Crippen LogP contribution in [0.1, 0.15) is 12.0 Å². The number of ether oxygens (including phenoxy) is 2. The van der Waals surface area contributed by atoms with Crippen LogP contribution in [-0.2, 0) is 25.5 Å². The largest absolute Gasteiger partial charge is 0.504 e. The zero-order valence-electron chi connectivity index (χ0n) is 20.2. The maximum absolute atomic E-state index is 12.0. The highest BCUT2D eigenvalue weighted by Crippen LogP contribution is 2.41. The number of phenols is 1. The highest BCUT2D eigenvalue weighted by atomic mass is 16.7. The average Bonchev–Trinajstić information content (AvgIpc) is 3.24. The molecule has 3 aliphatic rings. The fraction of sp³-hybridized carbons (Fsp3) is 0.458. The van der Waals surface area contributed by atoms with Gasteiger partial charge in [-0.2, -0.15) is 0 Å². The SMILES string of the molecule is O=C(O)C1=CC(=CCN2c3cc(O)c(O[C@H]4O[C@H](CO)[C@@H](O)[C@H](O)[C@H]4O)cc3C[C@H]2C(=O)O)C[C@H](C(=O)O)N1. The molecule has 0 aliphatic carbocycles. The molecule has 0 amide bonds. The van der Waals surface area contributed by atoms with Gasteiger partial charge in [0.25, 0.3) is 0 Å². The van der Waals surface area contributed by atoms with E-state index in [-0.39, 0.29) is 30.8 Å². The fourth-order valence-corrected chi connectivity index (χ4v) is 4.74. The summed E-state index contributed by atoms with van der Waals surface area (Å²) in [7, 11) is 0. The average molecular weight is 552 g/mol. The first-order valence-electron chi connectivity index (χ1n) is 11.9. The molecule has 3 heterocycles. The molecule has 4 rings (SSSR count). The standard InChI is InChI=1S/C24H28N2O13/c27-8-17-18(29)19(30)20(31)24(39-17)38-16-6-10-5-14(23(36)37)26(13(10)7-15(16)28)2-1-9-3-11(21(32)33)25-12(4-9)22(34)35/h1,3,6-7,12,14,17-20,24-25,27-31H,2,4-5,8H2,(H,32,33)(H,34,35)(H,36,37)/t12-,14+,17-,18-,19+,20-,24+/m1/s1. The van der Waals surface area contributed by atoms with Gasteiger partial charge in [0.1, 0.15) is 42.2 Å². The molecule has 0 spiro atoms. The van der Waals surface area contributed by atoms with Crippen LogP contribution in [0.2, 0.25) is 0 Å². The summed E-state index contributed by atoms with van der Waals surface area (Å²) in [5, 5.41) is 80.9. The van der Waals surface area contributed by atoms with E-state index in [0.717, 1.165) is 0 Å². The number of carboxylic acids is 3. The minimum absolute atomic E-state index is 0.0192. The molecule has 0 unspecified atom stereocenters. The Labute approximate surface area is 220 Å². The van der Waals surface area contributed by atoms with Gasteiger partial charge in [0, 0.05) is 31.1 Å². The Bertz CT molecular complexity index is 1210. The van der Waals surface area contributed by atoms with E-state index >= 15 is 0 Å². The van der Waals surface area contributed by atoms with Gasteiger partial charge in [0.2, 0.25) is 6.29 Å². The lowest BCUT2D eigenvalue weighted by Crippen LogP contribution is -2.60. The van der Waals surface area contributed by atoms with E-state index < -0.39 is 73.1 Å². The van der Waals surface area contributed by atoms with Gasteiger partial charge in [-0.1, -0.05) is 6.08 Å². The topological polar surface area (TPSA) is 247 Å². The molecule has 212 valence electrons. The first-order chi connectivity index (χ1) is 18.4. The number of rotatable bonds is 8. The maximum Gasteiger partial charge on any atom is 0.351 e. The molecule has 7 atom stereocenters. The number of hydrogen-bond acceptors (Lipinski definition) is 12. The Kier molecular flexibility index (Phi) is 7.99. The lowest BCUT2D eigenvalue weighted by Gasteiger charge is -2.39. The number of allylic oxidation sites excluding steroid dienone is 1. The van der Waals surface area contributed by atoms with Gasteiger partial charge in [-0.25, -0.2) is 14.4 Å². The highest BCUT2D eigenvalue weighted by Gasteiger charge is 2.45. The molecule has 0 aromatic heterocycles. The molecular weight excluding hydrogens is 524 g/mol. The number of anilines is 1. The number of phenolic OH excluding ortho intramolecular Hbond substituents is 1. The molecule has 1 aromatic rings. The molecule has 0 bridgehead atoms. The van der Waals surface area contributed by atoms with Gasteiger partial charge in [-0.3, -0.25) is 0 Å². The number of hydrogen-bond donors (Lipinski definition) is 9. The predicted octanol–water partition coefficient (Wildman–Crippen LogP) is -2.27. The molecular formula is C24H28N2O13. The number of aliphatic hydroxyl groups is 4. The monoisotopic (exact) mass is 552 g/mol. The zero-order chi connectivity index (χ0) is 28.6. The van der Waals surface area contributed by atoms with Crippen LogP contribution in [0.15, 0.2) is 35.6 Å². The summed E-state index contributed by atoms with van der Waals surface area (Å²) in [6.45, 7) is -0.737. The van der Waals surface area contributed by atoms with Crippen molar-refractivity contribution in [2.45, 2.75) is 55.6 Å². The van der Waals surface area contributed by atoms with Crippen molar-refractivity contribution in [3.8, 4) is 11.5 Å². The summed E-state index contributed by atoms with van der Waals surface area (Å²) in [6.07, 6.45) is -5.13. The van der Waals surface area contributed by atoms with Crippen LogP contribution >= 0.6 is 0 Å². The summed E-state index contributed by atoms with van der Waals surface area (Å²) in [6, 6.07) is 0.304. The van der Waals surface area contributed by atoms with Crippen molar-refractivity contribution in [2.24, 2.45) is 0 Å². The lowest BCUT2D eigenvalue weighted by atomic mass is 9.99. The maximum atomic E-state index is 12.0. The number of benzene rings is 1. The Hall–Kier alpha value is -3.89. The molecule has 1 saturated heterocycles. The third-order valence-corrected chi connectivity index (χ3v) is 6.81. The summed E-state index contributed by atoms with van der Waals surface area (Å²) >= 11 is 0. The minimum atomic E-state index is -1.73. The molecule has 0 saturated carbocycles. The van der Waals surface area contributed by atoms with E-state index in [0.29, 0.717) is 16.8 Å². The van der Waals surface area contributed by atoms with E-state index in [2.05, 4.69) is 5.32 Å². The molecule has 15 heteroatoms. The van der Waals surface area contributed by atoms with E-state index in [1.807, 2.05) is 0 Å². The normalized spacial score (nSPS) is 31.3. The smallest absolute Gasteiger partial charge is 0.351 e. The fourth-order valence-electron chi connectivity index (χ4n) is 4.74. The Morgan fingerprint density at radius 3 is 2.38 bits per heavy atom. The zero-order valence-corrected chi connectivity index (χ0v) is 20.2. The van der Waals surface area contributed by atoms with Crippen molar-refractivity contribution < 1.29 is 64.7 Å². The van der Waals surface area contributed by atoms with Crippen LogP contribution in [0, 0.1) is 0 Å². The van der Waals surface area contributed by atoms with Crippen molar-refractivity contribution in [3.05, 3.63) is 41.1 Å². The van der Waals surface area contributed by atoms with E-state index in [4.69, 9.17) is 9.47 Å². The second-order valence-electron chi connectivity index (χ2n) is 9.36. The third-order valence-electron chi connectivity index (χ3n) is 6.81. The van der Waals surface area contributed by atoms with Gasteiger partial charge in [-0.15, -0.1) is 0 Å². The molecule has 9 N–H and O–H groups in total. The molecule has 3 aliphatic heterocycles. The van der Waals surface area contributed by atoms with Crippen molar-refractivity contribution in [3.63, 3.8) is 0 Å². The summed E-state index contributed by atoms with van der Waals surface area (Å²) in [5.41, 5.74) is 0.810. The van der Waals surface area contributed by atoms with Crippen molar-refractivity contribution in [2.75, 3.05) is 18.1 Å². The van der Waals surface area contributed by atoms with Crippen molar-refractivity contribution in [1.29, 1.82) is 0 Å². The van der Waals surface area contributed by atoms with Crippen LogP contribution in [-0.4, -0.2) is 115 Å². The molecule has 39 heavy (non-hydrogen) atoms. The second-order valence-corrected chi connectivity index (χ2v) is 9.36. The number of carbonyl (C=O) groups is 3. The summed E-state index contributed by atoms with van der Waals surface area (Å²) in [4.78, 5) is 36.3. The van der Waals surface area contributed by atoms with Crippen LogP contribution in [0.5, 0.6) is 11.5 Å². The lowest BCUT2D eigenvalue weighted by molar-refractivity contribution is -0.277. The van der Waals surface area contributed by atoms with E-state index in [1.54, 1.807) is 0 Å². The van der Waals surface area contributed by atoms with Gasteiger partial charge in [-0.05, 0) is 23.3 Å². The third kappa shape index (κ3) is 5.62. The van der Waals surface area contributed by atoms with Crippen molar-refractivity contribution in [1.82, 2.24) is 5.32 Å². The summed E-state index contributed by atoms with van der Waals surface area (Å²) < 4.78 is 10.8. The molecule has 1 aromatic carbocycles. The molecule has 15 nitrogen and oxygen atoms in total. The van der Waals surface area contributed by atoms with Crippen molar-refractivity contribution >= 4 is 23.6 Å². The Morgan fingerprint density at radius 1 is 1.05 bits per heavy atom. The van der Waals surface area contributed by atoms with Crippen LogP contribution in [0.3, 0.4) is 0 Å². The number of fused-ring (bicyclic) bond motifs is 1. The van der Waals surface area contributed by atoms with Crippen LogP contribution in [0.4, 0.5) is 5.69 Å². The van der Waals surface area contributed by atoms with Gasteiger partial charge < -0.3 is 60.5 Å². The summed E-state index contributed by atoms with van der Waals surface area (Å²) in [5.74, 6) is -4.46. The van der Waals surface area contributed by atoms with Crippen LogP contribution < -0.4 is 15.0 Å². The molecule has 1 fully saturated rings. The quantitative estimate of drug-likeness (QED) is 0.165. The number of nitrogens with one attached hydrogen (secondary N) is 1. The van der Waals surface area contributed by atoms with E-state index in [9.17, 15) is 55.2 Å². The number of aliphatic hydroxyl groups excluding tert-OH is 4. The first kappa shape index (κ1) is 28.1. The second kappa shape index (κ2) is 11.1. The first-order valence-corrected chi connectivity index (χ1v) is 11.9. The Balaban J connectivity index is 1.59. The van der Waals surface area contributed by atoms with E-state index in [1.165, 1.54) is 29.2 Å². The van der Waals surface area contributed by atoms with Crippen LogP contribution in [0.25, 0.3) is 0 Å².